The number of carbonyl (C=O) groups excluding carboxylic acids is 1. The van der Waals surface area contributed by atoms with Gasteiger partial charge in [-0.3, -0.25) is 4.79 Å². The molecule has 12 atom stereocenters. The Morgan fingerprint density at radius 3 is 1.31 bits per heavy atom. The van der Waals surface area contributed by atoms with Crippen LogP contribution in [-0.4, -0.2) is 140 Å². The molecule has 1 amide bonds. The third kappa shape index (κ3) is 38.4. The van der Waals surface area contributed by atoms with E-state index in [0.29, 0.717) is 12.8 Å². The van der Waals surface area contributed by atoms with E-state index >= 15 is 0 Å². The number of carbonyl (C=O) groups is 1. The summed E-state index contributed by atoms with van der Waals surface area (Å²) in [6, 6.07) is -0.937. The third-order valence-electron chi connectivity index (χ3n) is 16.1. The van der Waals surface area contributed by atoms with Crippen LogP contribution in [0.1, 0.15) is 264 Å². The molecule has 14 heteroatoms. The summed E-state index contributed by atoms with van der Waals surface area (Å²) in [5.41, 5.74) is 0. The van der Waals surface area contributed by atoms with Gasteiger partial charge in [-0.05, 0) is 77.0 Å². The molecule has 2 rings (SSSR count). The highest BCUT2D eigenvalue weighted by Gasteiger charge is 2.51. The monoisotopic (exact) mass is 1170 g/mol. The zero-order valence-corrected chi connectivity index (χ0v) is 52.2. The van der Waals surface area contributed by atoms with Gasteiger partial charge < -0.3 is 65.1 Å². The van der Waals surface area contributed by atoms with Gasteiger partial charge in [-0.1, -0.05) is 254 Å². The Kier molecular flexibility index (Phi) is 49.5. The van der Waals surface area contributed by atoms with Crippen LogP contribution in [0.4, 0.5) is 0 Å². The number of allylic oxidation sites excluding steroid dienone is 11. The largest absolute Gasteiger partial charge is 0.394 e. The average molecular weight is 1170 g/mol. The summed E-state index contributed by atoms with van der Waals surface area (Å²) in [7, 11) is 0. The van der Waals surface area contributed by atoms with Crippen LogP contribution in [0.5, 0.6) is 0 Å². The molecule has 0 radical (unpaired) electrons. The molecule has 2 saturated heterocycles. The Labute approximate surface area is 504 Å². The maximum absolute atomic E-state index is 13.2. The van der Waals surface area contributed by atoms with Crippen LogP contribution in [-0.2, 0) is 23.7 Å². The van der Waals surface area contributed by atoms with Gasteiger partial charge in [-0.25, -0.2) is 0 Å². The summed E-state index contributed by atoms with van der Waals surface area (Å²) in [4.78, 5) is 13.2. The van der Waals surface area contributed by atoms with Crippen molar-refractivity contribution in [2.75, 3.05) is 19.8 Å². The molecule has 2 aliphatic rings. The summed E-state index contributed by atoms with van der Waals surface area (Å²) >= 11 is 0. The first-order chi connectivity index (χ1) is 40.6. The summed E-state index contributed by atoms with van der Waals surface area (Å²) in [5, 5.41) is 86.9. The van der Waals surface area contributed by atoms with E-state index in [1.54, 1.807) is 6.08 Å². The molecule has 0 bridgehead atoms. The third-order valence-corrected chi connectivity index (χ3v) is 16.1. The molecule has 0 saturated carbocycles. The summed E-state index contributed by atoms with van der Waals surface area (Å²) < 4.78 is 22.7. The first-order valence-corrected chi connectivity index (χ1v) is 33.7. The first kappa shape index (κ1) is 76.5. The first-order valence-electron chi connectivity index (χ1n) is 33.7. The zero-order valence-electron chi connectivity index (χ0n) is 52.2. The highest BCUT2D eigenvalue weighted by atomic mass is 16.7. The van der Waals surface area contributed by atoms with Gasteiger partial charge >= 0.3 is 0 Å². The van der Waals surface area contributed by atoms with E-state index < -0.39 is 86.8 Å². The molecule has 9 N–H and O–H groups in total. The number of unbranched alkanes of at least 4 members (excludes halogenated alkanes) is 31. The lowest BCUT2D eigenvalue weighted by Crippen LogP contribution is -2.65. The van der Waals surface area contributed by atoms with Crippen molar-refractivity contribution >= 4 is 5.91 Å². The van der Waals surface area contributed by atoms with E-state index in [0.717, 1.165) is 57.8 Å². The number of amides is 1. The molecule has 83 heavy (non-hydrogen) atoms. The Morgan fingerprint density at radius 2 is 0.843 bits per heavy atom. The highest BCUT2D eigenvalue weighted by molar-refractivity contribution is 5.76. The zero-order chi connectivity index (χ0) is 60.2. The van der Waals surface area contributed by atoms with Crippen LogP contribution in [0.25, 0.3) is 0 Å². The Balaban J connectivity index is 1.53. The molecular weight excluding hydrogens is 1050 g/mol. The van der Waals surface area contributed by atoms with Gasteiger partial charge in [0.15, 0.2) is 12.6 Å². The molecular formula is C69H123NO13. The second-order valence-corrected chi connectivity index (χ2v) is 23.5. The molecule has 2 aliphatic heterocycles. The molecule has 0 aromatic heterocycles. The van der Waals surface area contributed by atoms with Crippen molar-refractivity contribution in [2.45, 2.75) is 338 Å². The summed E-state index contributed by atoms with van der Waals surface area (Å²) in [6.07, 6.45) is 55.9. The van der Waals surface area contributed by atoms with Crippen molar-refractivity contribution in [3.8, 4) is 0 Å². The predicted octanol–water partition coefficient (Wildman–Crippen LogP) is 13.1. The second kappa shape index (κ2) is 53.7. The Hall–Kier alpha value is -2.57. The number of aliphatic hydroxyl groups is 8. The second-order valence-electron chi connectivity index (χ2n) is 23.5. The maximum Gasteiger partial charge on any atom is 0.220 e. The molecule has 2 fully saturated rings. The van der Waals surface area contributed by atoms with Crippen LogP contribution in [0.15, 0.2) is 72.9 Å². The van der Waals surface area contributed by atoms with Crippen LogP contribution >= 0.6 is 0 Å². The van der Waals surface area contributed by atoms with Crippen LogP contribution in [0.3, 0.4) is 0 Å². The van der Waals surface area contributed by atoms with Gasteiger partial charge in [0.2, 0.25) is 5.91 Å². The molecule has 12 unspecified atom stereocenters. The topological polar surface area (TPSA) is 228 Å². The van der Waals surface area contributed by atoms with Gasteiger partial charge in [-0.2, -0.15) is 0 Å². The fraction of sp³-hybridized carbons (Fsp3) is 0.812. The highest BCUT2D eigenvalue weighted by Crippen LogP contribution is 2.30. The normalized spacial score (nSPS) is 24.3. The lowest BCUT2D eigenvalue weighted by molar-refractivity contribution is -0.359. The number of ether oxygens (including phenoxy) is 4. The van der Waals surface area contributed by atoms with E-state index in [9.17, 15) is 45.6 Å². The van der Waals surface area contributed by atoms with Crippen molar-refractivity contribution in [3.05, 3.63) is 72.9 Å². The minimum Gasteiger partial charge on any atom is -0.394 e. The Bertz CT molecular complexity index is 1670. The van der Waals surface area contributed by atoms with Crippen molar-refractivity contribution in [1.29, 1.82) is 0 Å². The van der Waals surface area contributed by atoms with Crippen molar-refractivity contribution in [2.24, 2.45) is 0 Å². The molecule has 0 spiro atoms. The van der Waals surface area contributed by atoms with E-state index in [1.807, 2.05) is 6.08 Å². The average Bonchev–Trinajstić information content (AvgIpc) is 3.51. The minimum absolute atomic E-state index is 0.254. The van der Waals surface area contributed by atoms with Gasteiger partial charge in [0, 0.05) is 6.42 Å². The van der Waals surface area contributed by atoms with E-state index in [1.165, 1.54) is 173 Å². The standard InChI is InChI=1S/C69H123NO13/c1-3-5-7-9-11-13-15-16-17-18-19-20-21-22-23-24-25-26-27-28-29-30-31-32-33-34-35-36-37-38-39-40-41-42-43-45-47-49-51-53-61(74)70-57(58(73)52-50-48-46-44-14-12-10-8-6-4-2)56-80-68-66(79)64(77)67(60(55-72)82-68)83-69-65(78)63(76)62(75)59(54-71)81-69/h6,8,14-16,18-19,21-22,44,50,52,57-60,62-69,71-73,75-79H,3-5,7,9-13,17,20,23-43,45-49,51,53-56H2,1-2H3,(H,70,74)/b8-6+,16-15-,19-18-,22-21-,44-14+,52-50+. The number of hydrogen-bond acceptors (Lipinski definition) is 13. The Morgan fingerprint density at radius 1 is 0.446 bits per heavy atom. The van der Waals surface area contributed by atoms with E-state index in [-0.39, 0.29) is 18.9 Å². The van der Waals surface area contributed by atoms with Crippen LogP contribution in [0, 0.1) is 0 Å². The molecule has 0 aliphatic carbocycles. The number of nitrogens with one attached hydrogen (secondary N) is 1. The number of hydrogen-bond donors (Lipinski definition) is 9. The maximum atomic E-state index is 13.2. The van der Waals surface area contributed by atoms with E-state index in [4.69, 9.17) is 18.9 Å². The molecule has 482 valence electrons. The fourth-order valence-electron chi connectivity index (χ4n) is 10.8. The van der Waals surface area contributed by atoms with Gasteiger partial charge in [0.1, 0.15) is 48.8 Å². The lowest BCUT2D eigenvalue weighted by atomic mass is 9.97. The van der Waals surface area contributed by atoms with Crippen molar-refractivity contribution in [3.63, 3.8) is 0 Å². The summed E-state index contributed by atoms with van der Waals surface area (Å²) in [5.74, 6) is -0.254. The van der Waals surface area contributed by atoms with Crippen molar-refractivity contribution < 1.29 is 64.6 Å². The molecule has 0 aromatic rings. The predicted molar refractivity (Wildman–Crippen MR) is 337 cm³/mol. The lowest BCUT2D eigenvalue weighted by Gasteiger charge is -2.46. The number of rotatable bonds is 54. The SMILES string of the molecule is CC/C=C/CC/C=C/CC/C=C/C(O)C(COC1OC(CO)C(OC2OC(CO)C(O)C(O)C2O)C(O)C1O)NC(=O)CCCCCCCCCCCCCCCCCCCCCCCCCC/C=C\C/C=C\C/C=C\CCCCCCC. The quantitative estimate of drug-likeness (QED) is 0.0204. The van der Waals surface area contributed by atoms with Crippen LogP contribution in [0.2, 0.25) is 0 Å². The van der Waals surface area contributed by atoms with Gasteiger partial charge in [-0.15, -0.1) is 0 Å². The number of aliphatic hydroxyl groups excluding tert-OH is 8. The van der Waals surface area contributed by atoms with E-state index in [2.05, 4.69) is 79.9 Å². The fourth-order valence-corrected chi connectivity index (χ4v) is 10.8. The smallest absolute Gasteiger partial charge is 0.220 e. The van der Waals surface area contributed by atoms with Gasteiger partial charge in [0.25, 0.3) is 0 Å². The van der Waals surface area contributed by atoms with Gasteiger partial charge in [0.05, 0.1) is 32.0 Å². The molecule has 0 aromatic carbocycles. The van der Waals surface area contributed by atoms with Crippen molar-refractivity contribution in [1.82, 2.24) is 5.32 Å². The minimum atomic E-state index is -1.79. The van der Waals surface area contributed by atoms with Crippen LogP contribution < -0.4 is 5.32 Å². The molecule has 14 nitrogen and oxygen atoms in total. The molecule has 2 heterocycles. The summed E-state index contributed by atoms with van der Waals surface area (Å²) in [6.45, 7) is 2.63.